The number of carbonyl (C=O) groups excluding carboxylic acids is 2. The Hall–Kier alpha value is -3.28. The van der Waals surface area contributed by atoms with Crippen molar-refractivity contribution >= 4 is 23.6 Å². The highest BCUT2D eigenvalue weighted by atomic mass is 32.2. The number of halogens is 2. The zero-order valence-corrected chi connectivity index (χ0v) is 21.0. The van der Waals surface area contributed by atoms with Crippen LogP contribution in [-0.4, -0.2) is 55.5 Å². The maximum atomic E-state index is 13.8. The molecule has 196 valence electrons. The Kier molecular flexibility index (Phi) is 8.57. The van der Waals surface area contributed by atoms with Gasteiger partial charge in [0.2, 0.25) is 17.7 Å². The van der Waals surface area contributed by atoms with Crippen LogP contribution in [0.3, 0.4) is 0 Å². The molecule has 0 bridgehead atoms. The lowest BCUT2D eigenvalue weighted by atomic mass is 10.00. The van der Waals surface area contributed by atoms with E-state index in [2.05, 4.69) is 28.6 Å². The number of hydrogen-bond acceptors (Lipinski definition) is 7. The fourth-order valence-electron chi connectivity index (χ4n) is 4.22. The maximum Gasteiger partial charge on any atom is 0.246 e. The van der Waals surface area contributed by atoms with Crippen molar-refractivity contribution in [3.63, 3.8) is 0 Å². The van der Waals surface area contributed by atoms with Crippen LogP contribution < -0.4 is 10.6 Å². The highest BCUT2D eigenvalue weighted by molar-refractivity contribution is 8.00. The molecule has 0 radical (unpaired) electrons. The third kappa shape index (κ3) is 6.94. The lowest BCUT2D eigenvalue weighted by molar-refractivity contribution is -0.122. The molecular weight excluding hydrogens is 502 g/mol. The molecule has 0 saturated carbocycles. The lowest BCUT2D eigenvalue weighted by Crippen LogP contribution is -2.49. The Morgan fingerprint density at radius 3 is 2.59 bits per heavy atom. The van der Waals surface area contributed by atoms with Crippen molar-refractivity contribution in [2.24, 2.45) is 0 Å². The number of aromatic hydroxyl groups is 1. The summed E-state index contributed by atoms with van der Waals surface area (Å²) in [6, 6.07) is 10.2. The average molecular weight is 531 g/mol. The van der Waals surface area contributed by atoms with Crippen LogP contribution in [0.1, 0.15) is 34.8 Å². The predicted molar refractivity (Wildman–Crippen MR) is 134 cm³/mol. The number of fused-ring (bicyclic) bond motifs is 1. The molecule has 1 unspecified atom stereocenters. The number of aryl methyl sites for hydroxylation is 1. The summed E-state index contributed by atoms with van der Waals surface area (Å²) in [6.45, 7) is 2.67. The fourth-order valence-corrected chi connectivity index (χ4v) is 5.33. The molecule has 1 amide bonds. The second kappa shape index (κ2) is 11.8. The first-order valence-corrected chi connectivity index (χ1v) is 12.8. The molecule has 11 heteroatoms. The van der Waals surface area contributed by atoms with Crippen molar-refractivity contribution in [3.05, 3.63) is 77.0 Å². The van der Waals surface area contributed by atoms with E-state index < -0.39 is 34.9 Å². The Labute approximate surface area is 217 Å². The Balaban J connectivity index is 1.40. The van der Waals surface area contributed by atoms with Gasteiger partial charge < -0.3 is 20.8 Å². The van der Waals surface area contributed by atoms with E-state index in [9.17, 15) is 28.6 Å². The van der Waals surface area contributed by atoms with Gasteiger partial charge in [-0.25, -0.2) is 8.78 Å². The Bertz CT molecular complexity index is 1260. The summed E-state index contributed by atoms with van der Waals surface area (Å²) >= 11 is 1.06. The summed E-state index contributed by atoms with van der Waals surface area (Å²) in [6.07, 6.45) is 0.805. The van der Waals surface area contributed by atoms with Crippen LogP contribution >= 0.6 is 11.8 Å². The van der Waals surface area contributed by atoms with Crippen molar-refractivity contribution in [2.45, 2.75) is 55.3 Å². The lowest BCUT2D eigenvalue weighted by Gasteiger charge is -2.25. The van der Waals surface area contributed by atoms with E-state index in [0.29, 0.717) is 11.7 Å². The van der Waals surface area contributed by atoms with Crippen molar-refractivity contribution in [1.29, 1.82) is 0 Å². The van der Waals surface area contributed by atoms with Crippen LogP contribution in [0.5, 0.6) is 5.88 Å². The number of aromatic nitrogens is 2. The predicted octanol–water partition coefficient (Wildman–Crippen LogP) is 2.81. The summed E-state index contributed by atoms with van der Waals surface area (Å²) in [5, 5.41) is 25.8. The molecule has 1 aliphatic rings. The van der Waals surface area contributed by atoms with Gasteiger partial charge in [0, 0.05) is 25.6 Å². The number of thioether (sulfide) groups is 1. The van der Waals surface area contributed by atoms with Crippen molar-refractivity contribution in [1.82, 2.24) is 20.2 Å². The molecule has 3 atom stereocenters. The summed E-state index contributed by atoms with van der Waals surface area (Å²) in [4.78, 5) is 29.2. The van der Waals surface area contributed by atoms with Crippen molar-refractivity contribution in [2.75, 3.05) is 6.54 Å². The molecule has 0 saturated heterocycles. The monoisotopic (exact) mass is 530 g/mol. The molecule has 0 spiro atoms. The van der Waals surface area contributed by atoms with E-state index in [-0.39, 0.29) is 36.7 Å². The molecule has 0 aliphatic carbocycles. The van der Waals surface area contributed by atoms with Gasteiger partial charge in [-0.2, -0.15) is 4.98 Å². The smallest absolute Gasteiger partial charge is 0.246 e. The van der Waals surface area contributed by atoms with Crippen molar-refractivity contribution in [3.8, 4) is 5.88 Å². The molecule has 1 aliphatic heterocycles. The van der Waals surface area contributed by atoms with Gasteiger partial charge in [-0.15, -0.1) is 0 Å². The van der Waals surface area contributed by atoms with Crippen LogP contribution in [0.15, 0.2) is 53.8 Å². The number of benzene rings is 2. The molecule has 37 heavy (non-hydrogen) atoms. The quantitative estimate of drug-likeness (QED) is 0.301. The molecule has 2 heterocycles. The summed E-state index contributed by atoms with van der Waals surface area (Å²) < 4.78 is 28.7. The molecule has 1 aromatic heterocycles. The summed E-state index contributed by atoms with van der Waals surface area (Å²) in [5.41, 5.74) is 2.51. The minimum absolute atomic E-state index is 0.0181. The highest BCUT2D eigenvalue weighted by Crippen LogP contribution is 2.34. The van der Waals surface area contributed by atoms with E-state index in [4.69, 9.17) is 0 Å². The molecule has 4 rings (SSSR count). The SMILES string of the molecule is CCc1cccc(CNC[C@H](O)[C@H](Cc2cc(F)cc(F)c2)NC(=O)CC2Sc3nc(O)cn3C2=O)c1. The van der Waals surface area contributed by atoms with E-state index in [1.165, 1.54) is 16.3 Å². The first kappa shape index (κ1) is 26.8. The maximum absolute atomic E-state index is 13.8. The minimum atomic E-state index is -1.08. The zero-order valence-electron chi connectivity index (χ0n) is 20.2. The number of carbonyl (C=O) groups is 2. The number of imidazole rings is 1. The largest absolute Gasteiger partial charge is 0.492 e. The zero-order chi connectivity index (χ0) is 26.5. The average Bonchev–Trinajstić information content (AvgIpc) is 3.34. The Morgan fingerprint density at radius 1 is 1.16 bits per heavy atom. The number of aliphatic hydroxyl groups is 1. The van der Waals surface area contributed by atoms with Gasteiger partial charge in [-0.1, -0.05) is 43.0 Å². The normalized spacial score (nSPS) is 16.4. The van der Waals surface area contributed by atoms with Crippen molar-refractivity contribution < 1.29 is 28.6 Å². The van der Waals surface area contributed by atoms with E-state index in [1.807, 2.05) is 18.2 Å². The molecule has 8 nitrogen and oxygen atoms in total. The molecular formula is C26H28F2N4O4S. The number of nitrogens with zero attached hydrogens (tertiary/aromatic N) is 2. The van der Waals surface area contributed by atoms with Crippen LogP contribution in [0.4, 0.5) is 8.78 Å². The van der Waals surface area contributed by atoms with Gasteiger partial charge in [-0.05, 0) is 41.7 Å². The van der Waals surface area contributed by atoms with Crippen LogP contribution in [0.25, 0.3) is 0 Å². The van der Waals surface area contributed by atoms with Gasteiger partial charge >= 0.3 is 0 Å². The first-order valence-electron chi connectivity index (χ1n) is 11.9. The second-order valence-corrected chi connectivity index (χ2v) is 10.1. The van der Waals surface area contributed by atoms with Crippen LogP contribution in [0, 0.1) is 11.6 Å². The Morgan fingerprint density at radius 2 is 1.89 bits per heavy atom. The molecule has 3 aromatic rings. The number of nitrogens with one attached hydrogen (secondary N) is 2. The number of hydrogen-bond donors (Lipinski definition) is 4. The minimum Gasteiger partial charge on any atom is -0.492 e. The molecule has 2 aromatic carbocycles. The number of rotatable bonds is 11. The molecule has 4 N–H and O–H groups in total. The topological polar surface area (TPSA) is 116 Å². The number of amides is 1. The highest BCUT2D eigenvalue weighted by Gasteiger charge is 2.35. The first-order chi connectivity index (χ1) is 17.7. The van der Waals surface area contributed by atoms with Gasteiger partial charge in [0.05, 0.1) is 18.3 Å². The number of aliphatic hydroxyl groups excluding tert-OH is 1. The second-order valence-electron chi connectivity index (χ2n) is 8.93. The van der Waals surface area contributed by atoms with E-state index >= 15 is 0 Å². The van der Waals surface area contributed by atoms with E-state index in [0.717, 1.165) is 41.9 Å². The van der Waals surface area contributed by atoms with Gasteiger partial charge in [0.25, 0.3) is 0 Å². The van der Waals surface area contributed by atoms with E-state index in [1.54, 1.807) is 0 Å². The standard InChI is InChI=1S/C26H28F2N4O4S/c1-2-15-4-3-5-16(6-15)12-29-13-21(33)20(9-17-7-18(27)10-19(28)8-17)30-23(34)11-22-25(36)32-14-24(35)31-26(32)37-22/h3-8,10,14,20-22,29,33,35H,2,9,11-13H2,1H3,(H,30,34)/t20-,21-,22?/m0/s1. The van der Waals surface area contributed by atoms with Gasteiger partial charge in [-0.3, -0.25) is 14.2 Å². The summed E-state index contributed by atoms with van der Waals surface area (Å²) in [5.74, 6) is -2.68. The third-order valence-electron chi connectivity index (χ3n) is 6.06. The van der Waals surface area contributed by atoms with Crippen LogP contribution in [0.2, 0.25) is 0 Å². The molecule has 0 fully saturated rings. The van der Waals surface area contributed by atoms with Gasteiger partial charge in [0.1, 0.15) is 16.9 Å². The summed E-state index contributed by atoms with van der Waals surface area (Å²) in [7, 11) is 0. The fraction of sp³-hybridized carbons (Fsp3) is 0.346. The third-order valence-corrected chi connectivity index (χ3v) is 7.21. The van der Waals surface area contributed by atoms with Crippen LogP contribution in [-0.2, 0) is 24.2 Å². The van der Waals surface area contributed by atoms with Gasteiger partial charge in [0.15, 0.2) is 5.16 Å².